The number of carbonyl (C=O) groups is 1. The Morgan fingerprint density at radius 3 is 1.45 bits per heavy atom. The van der Waals surface area contributed by atoms with Gasteiger partial charge in [0.15, 0.2) is 5.78 Å². The molecule has 0 bridgehead atoms. The smallest absolute Gasteiger partial charge is 0.185 e. The minimum absolute atomic E-state index is 0.213. The molecule has 0 N–H and O–H groups in total. The van der Waals surface area contributed by atoms with Gasteiger partial charge < -0.3 is 0 Å². The highest BCUT2D eigenvalue weighted by molar-refractivity contribution is 6.13. The van der Waals surface area contributed by atoms with Crippen molar-refractivity contribution in [1.82, 2.24) is 0 Å². The summed E-state index contributed by atoms with van der Waals surface area (Å²) in [6.45, 7) is 0. The fourth-order valence-corrected chi connectivity index (χ4v) is 2.84. The summed E-state index contributed by atoms with van der Waals surface area (Å²) in [4.78, 5) is 12.8. The average Bonchev–Trinajstić information content (AvgIpc) is 2.73. The molecular formula is C21H20O. The topological polar surface area (TPSA) is 17.1 Å². The molecule has 1 heteroatoms. The van der Waals surface area contributed by atoms with Crippen LogP contribution in [0.4, 0.5) is 0 Å². The molecule has 3 rings (SSSR count). The first-order valence-electron chi connectivity index (χ1n) is 7.89. The molecule has 0 spiro atoms. The van der Waals surface area contributed by atoms with E-state index in [-0.39, 0.29) is 5.78 Å². The third-order valence-corrected chi connectivity index (χ3v) is 4.01. The van der Waals surface area contributed by atoms with Crippen LogP contribution in [-0.4, -0.2) is 5.78 Å². The summed E-state index contributed by atoms with van der Waals surface area (Å²) in [6.07, 6.45) is 8.01. The molecule has 22 heavy (non-hydrogen) atoms. The molecule has 0 amide bonds. The largest absolute Gasteiger partial charge is 0.289 e. The summed E-state index contributed by atoms with van der Waals surface area (Å²) in [5.41, 5.74) is 4.08. The van der Waals surface area contributed by atoms with Gasteiger partial charge in [0.25, 0.3) is 0 Å². The van der Waals surface area contributed by atoms with Gasteiger partial charge in [0.1, 0.15) is 0 Å². The second kappa shape index (κ2) is 7.04. The van der Waals surface area contributed by atoms with Crippen LogP contribution in [-0.2, 0) is 4.79 Å². The SMILES string of the molecule is O=C1C(=Cc2ccccc2)CCCCC1=Cc1ccccc1. The highest BCUT2D eigenvalue weighted by Crippen LogP contribution is 2.26. The monoisotopic (exact) mass is 288 g/mol. The Kier molecular flexibility index (Phi) is 4.65. The van der Waals surface area contributed by atoms with E-state index in [4.69, 9.17) is 0 Å². The molecule has 0 radical (unpaired) electrons. The Labute approximate surface area is 132 Å². The molecule has 0 heterocycles. The summed E-state index contributed by atoms with van der Waals surface area (Å²) in [5, 5.41) is 0. The van der Waals surface area contributed by atoms with E-state index in [0.29, 0.717) is 0 Å². The van der Waals surface area contributed by atoms with E-state index >= 15 is 0 Å². The van der Waals surface area contributed by atoms with E-state index in [0.717, 1.165) is 48.0 Å². The lowest BCUT2D eigenvalue weighted by Gasteiger charge is -2.05. The van der Waals surface area contributed by atoms with E-state index in [1.54, 1.807) is 0 Å². The van der Waals surface area contributed by atoms with Crippen LogP contribution in [0.1, 0.15) is 36.8 Å². The van der Waals surface area contributed by atoms with Gasteiger partial charge in [0, 0.05) is 11.1 Å². The maximum atomic E-state index is 12.8. The lowest BCUT2D eigenvalue weighted by Crippen LogP contribution is -2.03. The van der Waals surface area contributed by atoms with Crippen molar-refractivity contribution in [3.8, 4) is 0 Å². The molecule has 0 saturated heterocycles. The minimum atomic E-state index is 0.213. The normalized spacial score (nSPS) is 19.4. The van der Waals surface area contributed by atoms with Crippen LogP contribution in [0.3, 0.4) is 0 Å². The molecule has 0 aliphatic heterocycles. The molecular weight excluding hydrogens is 268 g/mol. The Morgan fingerprint density at radius 2 is 1.05 bits per heavy atom. The fourth-order valence-electron chi connectivity index (χ4n) is 2.84. The van der Waals surface area contributed by atoms with E-state index in [9.17, 15) is 4.79 Å². The van der Waals surface area contributed by atoms with Gasteiger partial charge in [-0.05, 0) is 49.0 Å². The molecule has 1 nitrogen and oxygen atoms in total. The number of ketones is 1. The summed E-state index contributed by atoms with van der Waals surface area (Å²) in [7, 11) is 0. The van der Waals surface area contributed by atoms with Crippen molar-refractivity contribution in [3.05, 3.63) is 82.9 Å². The van der Waals surface area contributed by atoms with Crippen molar-refractivity contribution in [3.63, 3.8) is 0 Å². The zero-order chi connectivity index (χ0) is 15.2. The van der Waals surface area contributed by atoms with Gasteiger partial charge in [-0.25, -0.2) is 0 Å². The van der Waals surface area contributed by atoms with Crippen LogP contribution in [0.25, 0.3) is 12.2 Å². The van der Waals surface area contributed by atoms with Crippen LogP contribution >= 0.6 is 0 Å². The van der Waals surface area contributed by atoms with Crippen molar-refractivity contribution >= 4 is 17.9 Å². The van der Waals surface area contributed by atoms with Gasteiger partial charge in [0.05, 0.1) is 0 Å². The zero-order valence-corrected chi connectivity index (χ0v) is 12.7. The van der Waals surface area contributed by atoms with Crippen molar-refractivity contribution < 1.29 is 4.79 Å². The zero-order valence-electron chi connectivity index (χ0n) is 12.7. The predicted molar refractivity (Wildman–Crippen MR) is 92.3 cm³/mol. The molecule has 1 aliphatic carbocycles. The summed E-state index contributed by atoms with van der Waals surface area (Å²) in [5.74, 6) is 0.213. The first-order chi connectivity index (χ1) is 10.8. The van der Waals surface area contributed by atoms with Crippen LogP contribution in [0, 0.1) is 0 Å². The van der Waals surface area contributed by atoms with Crippen molar-refractivity contribution in [2.24, 2.45) is 0 Å². The van der Waals surface area contributed by atoms with Crippen molar-refractivity contribution in [1.29, 1.82) is 0 Å². The summed E-state index contributed by atoms with van der Waals surface area (Å²) in [6, 6.07) is 20.2. The van der Waals surface area contributed by atoms with Crippen LogP contribution < -0.4 is 0 Å². The highest BCUT2D eigenvalue weighted by atomic mass is 16.1. The molecule has 110 valence electrons. The van der Waals surface area contributed by atoms with Gasteiger partial charge in [-0.3, -0.25) is 4.79 Å². The summed E-state index contributed by atoms with van der Waals surface area (Å²) >= 11 is 0. The number of Topliss-reactive ketones (excluding diaryl/α,β-unsaturated/α-hetero) is 1. The molecule has 1 aliphatic rings. The van der Waals surface area contributed by atoms with Crippen molar-refractivity contribution in [2.75, 3.05) is 0 Å². The number of rotatable bonds is 2. The number of allylic oxidation sites excluding steroid dienone is 2. The van der Waals surface area contributed by atoms with Crippen LogP contribution in [0.2, 0.25) is 0 Å². The molecule has 0 unspecified atom stereocenters. The molecule has 1 fully saturated rings. The number of hydrogen-bond donors (Lipinski definition) is 0. The Morgan fingerprint density at radius 1 is 0.636 bits per heavy atom. The average molecular weight is 288 g/mol. The van der Waals surface area contributed by atoms with Gasteiger partial charge >= 0.3 is 0 Å². The maximum Gasteiger partial charge on any atom is 0.185 e. The molecule has 2 aromatic carbocycles. The lowest BCUT2D eigenvalue weighted by molar-refractivity contribution is -0.112. The summed E-state index contributed by atoms with van der Waals surface area (Å²) < 4.78 is 0. The van der Waals surface area contributed by atoms with Gasteiger partial charge in [0.2, 0.25) is 0 Å². The molecule has 0 aromatic heterocycles. The highest BCUT2D eigenvalue weighted by Gasteiger charge is 2.18. The van der Waals surface area contributed by atoms with Gasteiger partial charge in [-0.15, -0.1) is 0 Å². The standard InChI is InChI=1S/C21H20O/c22-21-19(15-17-9-3-1-4-10-17)13-7-8-14-20(21)16-18-11-5-2-6-12-18/h1-6,9-12,15-16H,7-8,13-14H2. The molecule has 1 saturated carbocycles. The second-order valence-electron chi connectivity index (χ2n) is 5.70. The Hall–Kier alpha value is -2.41. The second-order valence-corrected chi connectivity index (χ2v) is 5.70. The van der Waals surface area contributed by atoms with E-state index < -0.39 is 0 Å². The Bertz CT molecular complexity index is 632. The Balaban J connectivity index is 1.91. The van der Waals surface area contributed by atoms with Crippen molar-refractivity contribution in [2.45, 2.75) is 25.7 Å². The minimum Gasteiger partial charge on any atom is -0.289 e. The number of hydrogen-bond acceptors (Lipinski definition) is 1. The van der Waals surface area contributed by atoms with Gasteiger partial charge in [-0.1, -0.05) is 60.7 Å². The number of benzene rings is 2. The predicted octanol–water partition coefficient (Wildman–Crippen LogP) is 5.30. The lowest BCUT2D eigenvalue weighted by atomic mass is 9.98. The third-order valence-electron chi connectivity index (χ3n) is 4.01. The van der Waals surface area contributed by atoms with Crippen LogP contribution in [0.15, 0.2) is 71.8 Å². The van der Waals surface area contributed by atoms with E-state index in [2.05, 4.69) is 0 Å². The number of carbonyl (C=O) groups excluding carboxylic acids is 1. The molecule has 2 aromatic rings. The van der Waals surface area contributed by atoms with Gasteiger partial charge in [-0.2, -0.15) is 0 Å². The molecule has 0 atom stereocenters. The third kappa shape index (κ3) is 3.62. The maximum absolute atomic E-state index is 12.8. The van der Waals surface area contributed by atoms with E-state index in [1.807, 2.05) is 72.8 Å². The first kappa shape index (κ1) is 14.5. The first-order valence-corrected chi connectivity index (χ1v) is 7.89. The fraction of sp³-hybridized carbons (Fsp3) is 0.190. The van der Waals surface area contributed by atoms with Crippen LogP contribution in [0.5, 0.6) is 0 Å². The van der Waals surface area contributed by atoms with E-state index in [1.165, 1.54) is 0 Å². The quantitative estimate of drug-likeness (QED) is 0.541.